The molecule has 1 unspecified atom stereocenters. The van der Waals surface area contributed by atoms with Crippen LogP contribution in [0.5, 0.6) is 5.75 Å². The van der Waals surface area contributed by atoms with Crippen LogP contribution < -0.4 is 10.1 Å². The maximum Gasteiger partial charge on any atom is 0.337 e. The summed E-state index contributed by atoms with van der Waals surface area (Å²) in [7, 11) is 1.31. The average Bonchev–Trinajstić information content (AvgIpc) is 2.93. The molecule has 3 aromatic rings. The molecule has 0 saturated carbocycles. The quantitative estimate of drug-likeness (QED) is 0.303. The molecule has 5 atom stereocenters. The van der Waals surface area contributed by atoms with Crippen LogP contribution in [0.25, 0.3) is 0 Å². The largest absolute Gasteiger partial charge is 0.494 e. The summed E-state index contributed by atoms with van der Waals surface area (Å²) in [6.45, 7) is 2.65. The number of benzene rings is 3. The fourth-order valence-corrected chi connectivity index (χ4v) is 4.67. The third kappa shape index (κ3) is 6.46. The van der Waals surface area contributed by atoms with Gasteiger partial charge in [-0.3, -0.25) is 0 Å². The number of aliphatic hydroxyl groups excluding tert-OH is 3. The predicted octanol–water partition coefficient (Wildman–Crippen LogP) is 3.75. The van der Waals surface area contributed by atoms with E-state index in [1.165, 1.54) is 7.11 Å². The van der Waals surface area contributed by atoms with E-state index < -0.39 is 36.5 Å². The molecule has 3 aromatic carbocycles. The van der Waals surface area contributed by atoms with Crippen LogP contribution in [0.3, 0.4) is 0 Å². The SMILES string of the molecule is CCOc1ccc(Cc2cc([C@@H]3O[C@H](CNc4cccc(C(=O)OC)c4)[C@@H](O)C(O)[C@H]3O)ccc2Cl)cc1. The Morgan fingerprint density at radius 2 is 1.76 bits per heavy atom. The van der Waals surface area contributed by atoms with E-state index >= 15 is 0 Å². The minimum absolute atomic E-state index is 0.124. The molecule has 1 aliphatic heterocycles. The lowest BCUT2D eigenvalue weighted by Gasteiger charge is -2.41. The number of methoxy groups -OCH3 is 1. The summed E-state index contributed by atoms with van der Waals surface area (Å²) in [5.41, 5.74) is 3.48. The monoisotopic (exact) mass is 541 g/mol. The summed E-state index contributed by atoms with van der Waals surface area (Å²) in [5.74, 6) is 0.323. The zero-order valence-corrected chi connectivity index (χ0v) is 22.0. The number of esters is 1. The molecule has 8 nitrogen and oxygen atoms in total. The molecule has 1 heterocycles. The van der Waals surface area contributed by atoms with Gasteiger partial charge >= 0.3 is 5.97 Å². The Labute approximate surface area is 226 Å². The summed E-state index contributed by atoms with van der Waals surface area (Å²) in [4.78, 5) is 11.8. The van der Waals surface area contributed by atoms with Gasteiger partial charge in [0.15, 0.2) is 0 Å². The van der Waals surface area contributed by atoms with Gasteiger partial charge < -0.3 is 34.8 Å². The molecule has 4 N–H and O–H groups in total. The first kappa shape index (κ1) is 27.9. The molecule has 0 amide bonds. The van der Waals surface area contributed by atoms with Gasteiger partial charge in [0.1, 0.15) is 36.3 Å². The first-order chi connectivity index (χ1) is 18.3. The van der Waals surface area contributed by atoms with Crippen LogP contribution in [-0.4, -0.2) is 66.0 Å². The summed E-state index contributed by atoms with van der Waals surface area (Å²) >= 11 is 6.49. The maximum absolute atomic E-state index is 11.8. The van der Waals surface area contributed by atoms with Crippen molar-refractivity contribution in [1.82, 2.24) is 0 Å². The number of hydrogen-bond acceptors (Lipinski definition) is 8. The Kier molecular flexibility index (Phi) is 9.25. The Balaban J connectivity index is 1.49. The predicted molar refractivity (Wildman–Crippen MR) is 144 cm³/mol. The van der Waals surface area contributed by atoms with E-state index in [-0.39, 0.29) is 6.54 Å². The topological polar surface area (TPSA) is 117 Å². The van der Waals surface area contributed by atoms with Gasteiger partial charge in [-0.15, -0.1) is 0 Å². The summed E-state index contributed by atoms with van der Waals surface area (Å²) in [5, 5.41) is 35.7. The second kappa shape index (κ2) is 12.6. The van der Waals surface area contributed by atoms with Crippen molar-refractivity contribution in [2.75, 3.05) is 25.6 Å². The smallest absolute Gasteiger partial charge is 0.337 e. The molecule has 0 aromatic heterocycles. The third-order valence-electron chi connectivity index (χ3n) is 6.53. The first-order valence-corrected chi connectivity index (χ1v) is 12.8. The highest BCUT2D eigenvalue weighted by Crippen LogP contribution is 2.35. The van der Waals surface area contributed by atoms with Gasteiger partial charge in [-0.2, -0.15) is 0 Å². The molecule has 0 spiro atoms. The highest BCUT2D eigenvalue weighted by atomic mass is 35.5. The normalized spacial score (nSPS) is 23.1. The minimum atomic E-state index is -1.42. The Bertz CT molecular complexity index is 1240. The van der Waals surface area contributed by atoms with Gasteiger partial charge in [0, 0.05) is 17.3 Å². The number of anilines is 1. The zero-order chi connectivity index (χ0) is 27.2. The summed E-state index contributed by atoms with van der Waals surface area (Å²) in [6.07, 6.45) is -5.28. The Morgan fingerprint density at radius 1 is 1.00 bits per heavy atom. The highest BCUT2D eigenvalue weighted by molar-refractivity contribution is 6.31. The molecule has 202 valence electrons. The van der Waals surface area contributed by atoms with Crippen molar-refractivity contribution in [2.24, 2.45) is 0 Å². The minimum Gasteiger partial charge on any atom is -0.494 e. The van der Waals surface area contributed by atoms with Crippen molar-refractivity contribution >= 4 is 23.3 Å². The average molecular weight is 542 g/mol. The lowest BCUT2D eigenvalue weighted by atomic mass is 9.90. The third-order valence-corrected chi connectivity index (χ3v) is 6.90. The number of carbonyl (C=O) groups excluding carboxylic acids is 1. The highest BCUT2D eigenvalue weighted by Gasteiger charge is 2.44. The number of halogens is 1. The number of ether oxygens (including phenoxy) is 3. The van der Waals surface area contributed by atoms with Crippen molar-refractivity contribution in [3.63, 3.8) is 0 Å². The molecule has 38 heavy (non-hydrogen) atoms. The Hall–Kier alpha value is -3.14. The maximum atomic E-state index is 11.8. The first-order valence-electron chi connectivity index (χ1n) is 12.4. The van der Waals surface area contributed by atoms with Gasteiger partial charge in [-0.1, -0.05) is 41.9 Å². The van der Waals surface area contributed by atoms with Gasteiger partial charge in [-0.25, -0.2) is 4.79 Å². The zero-order valence-electron chi connectivity index (χ0n) is 21.2. The molecule has 0 aliphatic carbocycles. The molecular weight excluding hydrogens is 510 g/mol. The van der Waals surface area contributed by atoms with Crippen LogP contribution in [0.4, 0.5) is 5.69 Å². The van der Waals surface area contributed by atoms with E-state index in [4.69, 9.17) is 25.8 Å². The molecule has 9 heteroatoms. The molecule has 1 saturated heterocycles. The second-order valence-electron chi connectivity index (χ2n) is 9.12. The van der Waals surface area contributed by atoms with Gasteiger partial charge in [0.05, 0.1) is 19.3 Å². The van der Waals surface area contributed by atoms with Crippen LogP contribution >= 0.6 is 11.6 Å². The fourth-order valence-electron chi connectivity index (χ4n) is 4.48. The van der Waals surface area contributed by atoms with E-state index in [0.29, 0.717) is 34.9 Å². The van der Waals surface area contributed by atoms with Crippen LogP contribution in [0, 0.1) is 0 Å². The number of nitrogens with one attached hydrogen (secondary N) is 1. The van der Waals surface area contributed by atoms with Crippen LogP contribution in [0.2, 0.25) is 5.02 Å². The van der Waals surface area contributed by atoms with Crippen LogP contribution in [0.15, 0.2) is 66.7 Å². The molecular formula is C29H32ClNO7. The Morgan fingerprint density at radius 3 is 2.47 bits per heavy atom. The van der Waals surface area contributed by atoms with Crippen molar-refractivity contribution < 1.29 is 34.3 Å². The number of rotatable bonds is 9. The van der Waals surface area contributed by atoms with Crippen molar-refractivity contribution in [3.8, 4) is 5.75 Å². The number of hydrogen-bond donors (Lipinski definition) is 4. The van der Waals surface area contributed by atoms with E-state index in [1.54, 1.807) is 36.4 Å². The molecule has 1 aliphatic rings. The summed E-state index contributed by atoms with van der Waals surface area (Å²) < 4.78 is 16.4. The van der Waals surface area contributed by atoms with E-state index in [9.17, 15) is 20.1 Å². The van der Waals surface area contributed by atoms with Gasteiger partial charge in [0.2, 0.25) is 0 Å². The molecule has 1 fully saturated rings. The molecule has 0 bridgehead atoms. The van der Waals surface area contributed by atoms with Crippen molar-refractivity contribution in [3.05, 3.63) is 94.0 Å². The summed E-state index contributed by atoms with van der Waals surface area (Å²) in [6, 6.07) is 19.8. The van der Waals surface area contributed by atoms with Crippen molar-refractivity contribution in [2.45, 2.75) is 43.9 Å². The standard InChI is InChI=1S/C29H32ClNO7/c1-3-37-22-10-7-17(8-11-22)13-20-14-18(9-12-23(20)30)28-27(34)26(33)25(32)24(38-28)16-31-21-6-4-5-19(15-21)29(35)36-2/h4-12,14-15,24-28,31-34H,3,13,16H2,1-2H3/t24-,25-,26?,27-,28+/m1/s1. The van der Waals surface area contributed by atoms with Gasteiger partial charge in [0.25, 0.3) is 0 Å². The lowest BCUT2D eigenvalue weighted by Crippen LogP contribution is -2.56. The fraction of sp³-hybridized carbons (Fsp3) is 0.345. The second-order valence-corrected chi connectivity index (χ2v) is 9.53. The van der Waals surface area contributed by atoms with Gasteiger partial charge in [-0.05, 0) is 66.4 Å². The lowest BCUT2D eigenvalue weighted by molar-refractivity contribution is -0.220. The van der Waals surface area contributed by atoms with E-state index in [0.717, 1.165) is 16.9 Å². The number of carbonyl (C=O) groups is 1. The molecule has 4 rings (SSSR count). The van der Waals surface area contributed by atoms with Crippen LogP contribution in [-0.2, 0) is 15.9 Å². The van der Waals surface area contributed by atoms with Crippen molar-refractivity contribution in [1.29, 1.82) is 0 Å². The number of aliphatic hydroxyl groups is 3. The van der Waals surface area contributed by atoms with E-state index in [1.807, 2.05) is 37.3 Å². The molecule has 0 radical (unpaired) electrons. The van der Waals surface area contributed by atoms with E-state index in [2.05, 4.69) is 5.32 Å². The van der Waals surface area contributed by atoms with Crippen LogP contribution in [0.1, 0.15) is 40.1 Å².